The van der Waals surface area contributed by atoms with Crippen molar-refractivity contribution in [2.75, 3.05) is 18.0 Å². The summed E-state index contributed by atoms with van der Waals surface area (Å²) in [5.74, 6) is 0. The zero-order valence-corrected chi connectivity index (χ0v) is 10.3. The quantitative estimate of drug-likeness (QED) is 0.789. The first-order chi connectivity index (χ1) is 7.58. The monoisotopic (exact) mass is 256 g/mol. The van der Waals surface area contributed by atoms with E-state index in [9.17, 15) is 5.11 Å². The van der Waals surface area contributed by atoms with Crippen LogP contribution in [0.1, 0.15) is 12.0 Å². The lowest BCUT2D eigenvalue weighted by molar-refractivity contribution is 0.198. The molecule has 3 N–H and O–H groups in total. The normalized spacial score (nSPS) is 20.1. The number of aliphatic hydroxyl groups is 1. The molecule has 0 bridgehead atoms. The molecule has 2 rings (SSSR count). The highest BCUT2D eigenvalue weighted by molar-refractivity contribution is 7.80. The van der Waals surface area contributed by atoms with E-state index in [-0.39, 0.29) is 6.10 Å². The van der Waals surface area contributed by atoms with E-state index in [4.69, 9.17) is 29.6 Å². The molecular weight excluding hydrogens is 244 g/mol. The van der Waals surface area contributed by atoms with Crippen LogP contribution in [0.5, 0.6) is 0 Å². The minimum absolute atomic E-state index is 0.279. The number of nitrogens with two attached hydrogens (primary N) is 1. The molecule has 1 unspecified atom stereocenters. The zero-order chi connectivity index (χ0) is 11.7. The minimum Gasteiger partial charge on any atom is -0.391 e. The van der Waals surface area contributed by atoms with Gasteiger partial charge in [-0.05, 0) is 24.6 Å². The molecule has 1 aromatic carbocycles. The Balaban J connectivity index is 2.37. The fourth-order valence-electron chi connectivity index (χ4n) is 1.94. The summed E-state index contributed by atoms with van der Waals surface area (Å²) in [5, 5.41) is 10.2. The van der Waals surface area contributed by atoms with Crippen LogP contribution in [0.4, 0.5) is 5.69 Å². The average molecular weight is 257 g/mol. The molecule has 1 aliphatic rings. The summed E-state index contributed by atoms with van der Waals surface area (Å²) < 4.78 is 0. The molecule has 5 heteroatoms. The third-order valence-corrected chi connectivity index (χ3v) is 3.18. The average Bonchev–Trinajstić information content (AvgIpc) is 2.64. The van der Waals surface area contributed by atoms with Gasteiger partial charge >= 0.3 is 0 Å². The first-order valence-electron chi connectivity index (χ1n) is 5.10. The van der Waals surface area contributed by atoms with E-state index in [1.165, 1.54) is 0 Å². The third kappa shape index (κ3) is 2.29. The summed E-state index contributed by atoms with van der Waals surface area (Å²) in [6, 6.07) is 5.44. The zero-order valence-electron chi connectivity index (χ0n) is 8.69. The summed E-state index contributed by atoms with van der Waals surface area (Å²) in [7, 11) is 0. The van der Waals surface area contributed by atoms with Crippen LogP contribution in [-0.4, -0.2) is 29.3 Å². The molecule has 1 fully saturated rings. The highest BCUT2D eigenvalue weighted by atomic mass is 35.5. The standard InChI is InChI=1S/C11H13ClN2OS/c12-7-1-2-9(11(13)16)10(5-7)14-4-3-8(15)6-14/h1-2,5,8,15H,3-4,6H2,(H2,13,16). The van der Waals surface area contributed by atoms with Gasteiger partial charge in [0.2, 0.25) is 0 Å². The van der Waals surface area contributed by atoms with Gasteiger partial charge in [-0.25, -0.2) is 0 Å². The summed E-state index contributed by atoms with van der Waals surface area (Å²) >= 11 is 11.0. The summed E-state index contributed by atoms with van der Waals surface area (Å²) in [5.41, 5.74) is 7.39. The summed E-state index contributed by atoms with van der Waals surface area (Å²) in [6.07, 6.45) is 0.488. The van der Waals surface area contributed by atoms with Gasteiger partial charge < -0.3 is 15.7 Å². The van der Waals surface area contributed by atoms with Gasteiger partial charge in [-0.15, -0.1) is 0 Å². The lowest BCUT2D eigenvalue weighted by atomic mass is 10.1. The van der Waals surface area contributed by atoms with Crippen LogP contribution >= 0.6 is 23.8 Å². The van der Waals surface area contributed by atoms with Crippen LogP contribution in [-0.2, 0) is 0 Å². The molecule has 0 aliphatic carbocycles. The highest BCUT2D eigenvalue weighted by Gasteiger charge is 2.23. The van der Waals surface area contributed by atoms with Crippen molar-refractivity contribution in [3.63, 3.8) is 0 Å². The second-order valence-electron chi connectivity index (χ2n) is 3.91. The summed E-state index contributed by atoms with van der Waals surface area (Å²) in [6.45, 7) is 1.41. The van der Waals surface area contributed by atoms with E-state index in [0.717, 1.165) is 24.2 Å². The molecule has 0 saturated carbocycles. The molecule has 1 aromatic rings. The van der Waals surface area contributed by atoms with E-state index in [1.54, 1.807) is 6.07 Å². The Kier molecular flexibility index (Phi) is 3.33. The largest absolute Gasteiger partial charge is 0.391 e. The third-order valence-electron chi connectivity index (χ3n) is 2.73. The van der Waals surface area contributed by atoms with Gasteiger partial charge in [0.1, 0.15) is 4.99 Å². The van der Waals surface area contributed by atoms with Crippen molar-refractivity contribution in [1.82, 2.24) is 0 Å². The number of hydrogen-bond donors (Lipinski definition) is 2. The Morgan fingerprint density at radius 1 is 1.56 bits per heavy atom. The number of aliphatic hydroxyl groups excluding tert-OH is 1. The first-order valence-corrected chi connectivity index (χ1v) is 5.89. The van der Waals surface area contributed by atoms with Crippen molar-refractivity contribution in [1.29, 1.82) is 0 Å². The Labute approximate surface area is 105 Å². The number of nitrogens with zero attached hydrogens (tertiary/aromatic N) is 1. The maximum absolute atomic E-state index is 9.52. The topological polar surface area (TPSA) is 49.5 Å². The van der Waals surface area contributed by atoms with Crippen LogP contribution in [0.2, 0.25) is 5.02 Å². The number of rotatable bonds is 2. The van der Waals surface area contributed by atoms with Crippen LogP contribution < -0.4 is 10.6 Å². The molecule has 0 amide bonds. The van der Waals surface area contributed by atoms with E-state index in [1.807, 2.05) is 12.1 Å². The molecular formula is C11H13ClN2OS. The molecule has 16 heavy (non-hydrogen) atoms. The molecule has 86 valence electrons. The van der Waals surface area contributed by atoms with Crippen molar-refractivity contribution in [2.24, 2.45) is 5.73 Å². The van der Waals surface area contributed by atoms with Gasteiger partial charge in [0.05, 0.1) is 6.10 Å². The molecule has 0 aromatic heterocycles. The van der Waals surface area contributed by atoms with Crippen molar-refractivity contribution >= 4 is 34.5 Å². The van der Waals surface area contributed by atoms with Crippen LogP contribution in [0.25, 0.3) is 0 Å². The van der Waals surface area contributed by atoms with Crippen LogP contribution in [0, 0.1) is 0 Å². The molecule has 3 nitrogen and oxygen atoms in total. The van der Waals surface area contributed by atoms with Crippen LogP contribution in [0.3, 0.4) is 0 Å². The molecule has 1 atom stereocenters. The second-order valence-corrected chi connectivity index (χ2v) is 4.79. The fraction of sp³-hybridized carbons (Fsp3) is 0.364. The molecule has 1 saturated heterocycles. The minimum atomic E-state index is -0.279. The predicted octanol–water partition coefficient (Wildman–Crippen LogP) is 1.55. The number of benzene rings is 1. The Bertz CT molecular complexity index is 424. The van der Waals surface area contributed by atoms with E-state index in [0.29, 0.717) is 16.6 Å². The predicted molar refractivity (Wildman–Crippen MR) is 70.2 cm³/mol. The number of halogens is 1. The maximum atomic E-state index is 9.52. The first kappa shape index (κ1) is 11.6. The smallest absolute Gasteiger partial charge is 0.106 e. The van der Waals surface area contributed by atoms with Gasteiger partial charge in [0.15, 0.2) is 0 Å². The van der Waals surface area contributed by atoms with Gasteiger partial charge in [-0.1, -0.05) is 23.8 Å². The number of β-amino-alcohol motifs (C(OH)–C–C–N with tert-alkyl or cyclic N) is 1. The van der Waals surface area contributed by atoms with Crippen molar-refractivity contribution < 1.29 is 5.11 Å². The highest BCUT2D eigenvalue weighted by Crippen LogP contribution is 2.27. The van der Waals surface area contributed by atoms with E-state index in [2.05, 4.69) is 4.90 Å². The molecule has 0 spiro atoms. The Morgan fingerprint density at radius 3 is 2.88 bits per heavy atom. The van der Waals surface area contributed by atoms with E-state index < -0.39 is 0 Å². The van der Waals surface area contributed by atoms with Crippen LogP contribution in [0.15, 0.2) is 18.2 Å². The SMILES string of the molecule is NC(=S)c1ccc(Cl)cc1N1CCC(O)C1. The number of thiocarbonyl (C=S) groups is 1. The number of hydrogen-bond acceptors (Lipinski definition) is 3. The van der Waals surface area contributed by atoms with E-state index >= 15 is 0 Å². The molecule has 1 aliphatic heterocycles. The Morgan fingerprint density at radius 2 is 2.31 bits per heavy atom. The van der Waals surface area contributed by atoms with Crippen molar-refractivity contribution in [3.05, 3.63) is 28.8 Å². The van der Waals surface area contributed by atoms with Gasteiger partial charge in [0.25, 0.3) is 0 Å². The molecule has 1 heterocycles. The second kappa shape index (κ2) is 4.57. The summed E-state index contributed by atoms with van der Waals surface area (Å²) in [4.78, 5) is 2.42. The van der Waals surface area contributed by atoms with Gasteiger partial charge in [-0.3, -0.25) is 0 Å². The number of anilines is 1. The van der Waals surface area contributed by atoms with Crippen molar-refractivity contribution in [2.45, 2.75) is 12.5 Å². The Hall–Kier alpha value is -0.840. The lowest BCUT2D eigenvalue weighted by Gasteiger charge is -2.21. The lowest BCUT2D eigenvalue weighted by Crippen LogP contribution is -2.24. The molecule has 0 radical (unpaired) electrons. The maximum Gasteiger partial charge on any atom is 0.106 e. The van der Waals surface area contributed by atoms with Gasteiger partial charge in [-0.2, -0.15) is 0 Å². The van der Waals surface area contributed by atoms with Gasteiger partial charge in [0, 0.05) is 29.4 Å². The fourth-order valence-corrected chi connectivity index (χ4v) is 2.27. The van der Waals surface area contributed by atoms with Crippen molar-refractivity contribution in [3.8, 4) is 0 Å².